The van der Waals surface area contributed by atoms with Gasteiger partial charge in [0, 0.05) is 29.7 Å². The highest BCUT2D eigenvalue weighted by Crippen LogP contribution is 2.50. The number of likely N-dealkylation sites (N-methyl/N-ethyl adjacent to an activating group) is 1. The zero-order valence-corrected chi connectivity index (χ0v) is 17.1. The third kappa shape index (κ3) is 2.99. The Hall–Kier alpha value is -1.48. The van der Waals surface area contributed by atoms with Crippen LogP contribution in [0.1, 0.15) is 18.0 Å². The molecular weight excluding hydrogens is 435 g/mol. The van der Waals surface area contributed by atoms with Gasteiger partial charge in [-0.25, -0.2) is 12.8 Å². The monoisotopic (exact) mass is 454 g/mol. The Labute approximate surface area is 166 Å². The maximum Gasteiger partial charge on any atom is 0.243 e. The molecule has 3 atom stereocenters. The summed E-state index contributed by atoms with van der Waals surface area (Å²) in [6.45, 7) is 0.283. The summed E-state index contributed by atoms with van der Waals surface area (Å²) in [4.78, 5) is 1.99. The second-order valence-corrected chi connectivity index (χ2v) is 9.84. The summed E-state index contributed by atoms with van der Waals surface area (Å²) in [6.07, 6.45) is 0.640. The van der Waals surface area contributed by atoms with E-state index in [4.69, 9.17) is 0 Å². The van der Waals surface area contributed by atoms with E-state index in [2.05, 4.69) is 15.9 Å². The average molecular weight is 455 g/mol. The fourth-order valence-corrected chi connectivity index (χ4v) is 6.49. The molecular formula is C19H20BrFN2O3S. The fraction of sp³-hybridized carbons (Fsp3) is 0.368. The quantitative estimate of drug-likeness (QED) is 0.773. The van der Waals surface area contributed by atoms with Crippen molar-refractivity contribution >= 4 is 31.6 Å². The lowest BCUT2D eigenvalue weighted by Crippen LogP contribution is -2.48. The van der Waals surface area contributed by atoms with Gasteiger partial charge in [0.25, 0.3) is 0 Å². The number of fused-ring (bicyclic) bond motifs is 3. The summed E-state index contributed by atoms with van der Waals surface area (Å²) >= 11 is 3.48. The highest BCUT2D eigenvalue weighted by molar-refractivity contribution is 9.10. The molecule has 0 unspecified atom stereocenters. The first-order valence-electron chi connectivity index (χ1n) is 8.75. The smallest absolute Gasteiger partial charge is 0.243 e. The van der Waals surface area contributed by atoms with Gasteiger partial charge in [-0.3, -0.25) is 0 Å². The summed E-state index contributed by atoms with van der Waals surface area (Å²) in [7, 11) is -1.93. The first-order chi connectivity index (χ1) is 12.8. The van der Waals surface area contributed by atoms with Gasteiger partial charge in [-0.05, 0) is 48.4 Å². The second kappa shape index (κ2) is 6.84. The average Bonchev–Trinajstić information content (AvgIpc) is 3.08. The largest absolute Gasteiger partial charge is 0.394 e. The standard InChI is InChI=1S/C19H20BrFN2O3S/c1-22-17-6-5-12(20)9-16(17)19-15(18(22)11-24)7-8-23(19)27(25,26)14-4-2-3-13(21)10-14/h2-6,9-10,15,18-19,24H,7-8,11H2,1H3/t15-,18-,19-/m1/s1. The maximum absolute atomic E-state index is 13.6. The molecule has 144 valence electrons. The van der Waals surface area contributed by atoms with E-state index in [-0.39, 0.29) is 29.5 Å². The van der Waals surface area contributed by atoms with E-state index in [0.29, 0.717) is 13.0 Å². The molecule has 5 nitrogen and oxygen atoms in total. The highest BCUT2D eigenvalue weighted by atomic mass is 79.9. The van der Waals surface area contributed by atoms with Gasteiger partial charge in [0.2, 0.25) is 10.0 Å². The molecule has 8 heteroatoms. The first-order valence-corrected chi connectivity index (χ1v) is 11.0. The van der Waals surface area contributed by atoms with Crippen molar-refractivity contribution in [1.29, 1.82) is 0 Å². The van der Waals surface area contributed by atoms with E-state index >= 15 is 0 Å². The number of sulfonamides is 1. The molecule has 0 amide bonds. The van der Waals surface area contributed by atoms with Crippen molar-refractivity contribution in [3.8, 4) is 0 Å². The molecule has 2 heterocycles. The van der Waals surface area contributed by atoms with Crippen molar-refractivity contribution in [2.45, 2.75) is 23.4 Å². The Morgan fingerprint density at radius 1 is 1.26 bits per heavy atom. The molecule has 0 aromatic heterocycles. The van der Waals surface area contributed by atoms with Gasteiger partial charge in [-0.2, -0.15) is 4.31 Å². The van der Waals surface area contributed by atoms with E-state index in [1.54, 1.807) is 0 Å². The zero-order valence-electron chi connectivity index (χ0n) is 14.7. The van der Waals surface area contributed by atoms with Crippen LogP contribution in [0.2, 0.25) is 0 Å². The van der Waals surface area contributed by atoms with Gasteiger partial charge in [0.05, 0.1) is 23.6 Å². The second-order valence-electron chi connectivity index (χ2n) is 7.03. The number of rotatable bonds is 3. The molecule has 0 radical (unpaired) electrons. The van der Waals surface area contributed by atoms with Crippen molar-refractivity contribution < 1.29 is 17.9 Å². The summed E-state index contributed by atoms with van der Waals surface area (Å²) in [6, 6.07) is 10.3. The van der Waals surface area contributed by atoms with Crippen LogP contribution in [0.4, 0.5) is 10.1 Å². The van der Waals surface area contributed by atoms with Gasteiger partial charge in [-0.1, -0.05) is 22.0 Å². The third-order valence-electron chi connectivity index (χ3n) is 5.67. The van der Waals surface area contributed by atoms with Crippen LogP contribution in [0.15, 0.2) is 51.8 Å². The number of nitrogens with zero attached hydrogens (tertiary/aromatic N) is 2. The van der Waals surface area contributed by atoms with Crippen LogP contribution in [-0.2, 0) is 10.0 Å². The maximum atomic E-state index is 13.6. The lowest BCUT2D eigenvalue weighted by atomic mass is 9.82. The topological polar surface area (TPSA) is 60.9 Å². The van der Waals surface area contributed by atoms with E-state index in [9.17, 15) is 17.9 Å². The van der Waals surface area contributed by atoms with Crippen LogP contribution >= 0.6 is 15.9 Å². The minimum Gasteiger partial charge on any atom is -0.394 e. The Kier molecular flexibility index (Phi) is 4.78. The SMILES string of the molecule is CN1c2ccc(Br)cc2[C@H]2[C@H](CCN2S(=O)(=O)c2cccc(F)c2)[C@H]1CO. The van der Waals surface area contributed by atoms with Gasteiger partial charge < -0.3 is 10.0 Å². The van der Waals surface area contributed by atoms with E-state index < -0.39 is 15.8 Å². The lowest BCUT2D eigenvalue weighted by molar-refractivity contribution is 0.193. The zero-order chi connectivity index (χ0) is 19.3. The lowest BCUT2D eigenvalue weighted by Gasteiger charge is -2.44. The Bertz CT molecular complexity index is 985. The molecule has 4 rings (SSSR count). The van der Waals surface area contributed by atoms with E-state index in [0.717, 1.165) is 21.8 Å². The molecule has 27 heavy (non-hydrogen) atoms. The molecule has 0 bridgehead atoms. The number of hydrogen-bond acceptors (Lipinski definition) is 4. The third-order valence-corrected chi connectivity index (χ3v) is 8.04. The predicted molar refractivity (Wildman–Crippen MR) is 105 cm³/mol. The number of aliphatic hydroxyl groups excluding tert-OH is 1. The van der Waals surface area contributed by atoms with Crippen LogP contribution in [0.25, 0.3) is 0 Å². The van der Waals surface area contributed by atoms with Gasteiger partial charge >= 0.3 is 0 Å². The molecule has 1 N–H and O–H groups in total. The Morgan fingerprint density at radius 2 is 2.04 bits per heavy atom. The van der Waals surface area contributed by atoms with E-state index in [1.807, 2.05) is 30.1 Å². The van der Waals surface area contributed by atoms with Crippen LogP contribution in [0, 0.1) is 11.7 Å². The molecule has 2 aromatic rings. The number of halogens is 2. The minimum absolute atomic E-state index is 0.0369. The summed E-state index contributed by atoms with van der Waals surface area (Å²) in [5.41, 5.74) is 1.80. The van der Waals surface area contributed by atoms with Crippen molar-refractivity contribution in [2.24, 2.45) is 5.92 Å². The normalized spacial score (nSPS) is 25.3. The van der Waals surface area contributed by atoms with Crippen LogP contribution < -0.4 is 4.90 Å². The summed E-state index contributed by atoms with van der Waals surface area (Å²) in [5.74, 6) is -0.614. The molecule has 1 saturated heterocycles. The van der Waals surface area contributed by atoms with Crippen molar-refractivity contribution in [1.82, 2.24) is 4.31 Å². The van der Waals surface area contributed by atoms with Crippen LogP contribution in [0.3, 0.4) is 0 Å². The van der Waals surface area contributed by atoms with Crippen LogP contribution in [0.5, 0.6) is 0 Å². The number of aliphatic hydroxyl groups is 1. The predicted octanol–water partition coefficient (Wildman–Crippen LogP) is 3.15. The fourth-order valence-electron chi connectivity index (χ4n) is 4.42. The molecule has 2 aliphatic heterocycles. The number of benzene rings is 2. The molecule has 0 spiro atoms. The number of anilines is 1. The number of hydrogen-bond donors (Lipinski definition) is 1. The first kappa shape index (κ1) is 18.9. The minimum atomic E-state index is -3.86. The van der Waals surface area contributed by atoms with Gasteiger partial charge in [-0.15, -0.1) is 0 Å². The van der Waals surface area contributed by atoms with Crippen LogP contribution in [-0.4, -0.2) is 44.1 Å². The molecule has 0 aliphatic carbocycles. The summed E-state index contributed by atoms with van der Waals surface area (Å²) in [5, 5.41) is 9.96. The van der Waals surface area contributed by atoms with Gasteiger partial charge in [0.1, 0.15) is 5.82 Å². The molecule has 0 saturated carbocycles. The van der Waals surface area contributed by atoms with E-state index in [1.165, 1.54) is 22.5 Å². The highest BCUT2D eigenvalue weighted by Gasteiger charge is 2.50. The van der Waals surface area contributed by atoms with Gasteiger partial charge in [0.15, 0.2) is 0 Å². The molecule has 1 fully saturated rings. The molecule has 2 aromatic carbocycles. The van der Waals surface area contributed by atoms with Crippen molar-refractivity contribution in [3.05, 3.63) is 58.3 Å². The molecule has 2 aliphatic rings. The van der Waals surface area contributed by atoms with Crippen molar-refractivity contribution in [3.63, 3.8) is 0 Å². The Morgan fingerprint density at radius 3 is 2.74 bits per heavy atom. The van der Waals surface area contributed by atoms with Crippen molar-refractivity contribution in [2.75, 3.05) is 25.1 Å². The summed E-state index contributed by atoms with van der Waals surface area (Å²) < 4.78 is 42.5. The Balaban J connectivity index is 1.85.